The zero-order valence-electron chi connectivity index (χ0n) is 17.1. The van der Waals surface area contributed by atoms with E-state index in [2.05, 4.69) is 38.6 Å². The van der Waals surface area contributed by atoms with Gasteiger partial charge in [-0.2, -0.15) is 0 Å². The Labute approximate surface area is 171 Å². The van der Waals surface area contributed by atoms with Gasteiger partial charge in [-0.3, -0.25) is 9.88 Å². The Kier molecular flexibility index (Phi) is 4.06. The van der Waals surface area contributed by atoms with Crippen LogP contribution in [0, 0.1) is 0 Å². The summed E-state index contributed by atoms with van der Waals surface area (Å²) in [6, 6.07) is 4.76. The fourth-order valence-corrected chi connectivity index (χ4v) is 5.38. The van der Waals surface area contributed by atoms with E-state index in [1.165, 1.54) is 37.9 Å². The van der Waals surface area contributed by atoms with Gasteiger partial charge in [0.2, 0.25) is 0 Å². The fraction of sp³-hybridized carbons (Fsp3) is 0.565. The predicted octanol–water partition coefficient (Wildman–Crippen LogP) is 4.12. The van der Waals surface area contributed by atoms with E-state index in [9.17, 15) is 0 Å². The van der Waals surface area contributed by atoms with E-state index >= 15 is 0 Å². The summed E-state index contributed by atoms with van der Waals surface area (Å²) in [6.45, 7) is 6.26. The second-order valence-corrected chi connectivity index (χ2v) is 9.04. The molecule has 0 radical (unpaired) electrons. The van der Waals surface area contributed by atoms with Crippen LogP contribution in [0.4, 0.5) is 0 Å². The van der Waals surface area contributed by atoms with Crippen LogP contribution < -0.4 is 0 Å². The zero-order valence-corrected chi connectivity index (χ0v) is 17.1. The molecule has 4 heterocycles. The molecule has 2 aliphatic carbocycles. The number of ether oxygens (including phenoxy) is 1. The number of aromatic nitrogens is 4. The molecule has 0 amide bonds. The maximum Gasteiger partial charge on any atom is 0.112 e. The van der Waals surface area contributed by atoms with Gasteiger partial charge < -0.3 is 14.3 Å². The van der Waals surface area contributed by atoms with Crippen molar-refractivity contribution in [2.24, 2.45) is 0 Å². The van der Waals surface area contributed by atoms with Gasteiger partial charge in [-0.15, -0.1) is 0 Å². The molecule has 1 saturated heterocycles. The molecular formula is C23H29N5O. The fourth-order valence-electron chi connectivity index (χ4n) is 5.38. The van der Waals surface area contributed by atoms with Crippen molar-refractivity contribution in [3.05, 3.63) is 36.5 Å². The molecule has 0 atom stereocenters. The van der Waals surface area contributed by atoms with E-state index in [1.54, 1.807) is 0 Å². The van der Waals surface area contributed by atoms with E-state index < -0.39 is 0 Å². The van der Waals surface area contributed by atoms with Crippen LogP contribution in [-0.2, 0) is 4.74 Å². The zero-order chi connectivity index (χ0) is 19.4. The number of fused-ring (bicyclic) bond motifs is 1. The number of aromatic amines is 1. The van der Waals surface area contributed by atoms with E-state index in [1.807, 2.05) is 18.5 Å². The van der Waals surface area contributed by atoms with Gasteiger partial charge >= 0.3 is 0 Å². The minimum atomic E-state index is 0.352. The first-order valence-corrected chi connectivity index (χ1v) is 11.1. The van der Waals surface area contributed by atoms with Gasteiger partial charge in [-0.1, -0.05) is 6.92 Å². The topological polar surface area (TPSA) is 59.0 Å². The quantitative estimate of drug-likeness (QED) is 0.711. The van der Waals surface area contributed by atoms with Gasteiger partial charge in [-0.25, -0.2) is 4.98 Å². The van der Waals surface area contributed by atoms with Crippen molar-refractivity contribution < 1.29 is 4.74 Å². The van der Waals surface area contributed by atoms with Gasteiger partial charge in [0.25, 0.3) is 0 Å². The first-order valence-electron chi connectivity index (χ1n) is 11.1. The molecule has 1 aliphatic heterocycles. The molecule has 2 saturated carbocycles. The maximum atomic E-state index is 5.59. The number of imidazole rings is 1. The van der Waals surface area contributed by atoms with E-state index in [0.29, 0.717) is 17.5 Å². The van der Waals surface area contributed by atoms with Crippen molar-refractivity contribution in [2.45, 2.75) is 56.5 Å². The third-order valence-corrected chi connectivity index (χ3v) is 7.36. The smallest absolute Gasteiger partial charge is 0.112 e. The number of nitrogens with one attached hydrogen (secondary N) is 1. The van der Waals surface area contributed by atoms with Crippen LogP contribution in [0.1, 0.15) is 56.8 Å². The Bertz CT molecular complexity index is 1020. The second kappa shape index (κ2) is 6.67. The molecule has 3 aliphatic rings. The lowest BCUT2D eigenvalue weighted by Crippen LogP contribution is -2.60. The number of rotatable bonds is 5. The summed E-state index contributed by atoms with van der Waals surface area (Å²) in [5.41, 5.74) is 4.61. The highest BCUT2D eigenvalue weighted by Crippen LogP contribution is 2.51. The summed E-state index contributed by atoms with van der Waals surface area (Å²) in [5.74, 6) is 1.94. The van der Waals surface area contributed by atoms with Crippen LogP contribution in [0.3, 0.4) is 0 Å². The summed E-state index contributed by atoms with van der Waals surface area (Å²) in [4.78, 5) is 15.7. The van der Waals surface area contributed by atoms with Crippen molar-refractivity contribution in [1.82, 2.24) is 24.4 Å². The third-order valence-electron chi connectivity index (χ3n) is 7.36. The van der Waals surface area contributed by atoms with Crippen LogP contribution in [0.25, 0.3) is 22.3 Å². The normalized spacial score (nSPS) is 28.0. The number of pyridine rings is 1. The van der Waals surface area contributed by atoms with E-state index in [0.717, 1.165) is 48.6 Å². The summed E-state index contributed by atoms with van der Waals surface area (Å²) >= 11 is 0. The first-order chi connectivity index (χ1) is 14.3. The van der Waals surface area contributed by atoms with Crippen LogP contribution in [-0.4, -0.2) is 56.3 Å². The number of morpholine rings is 1. The summed E-state index contributed by atoms with van der Waals surface area (Å²) in [7, 11) is 0. The molecule has 3 aromatic rings. The third kappa shape index (κ3) is 2.92. The average molecular weight is 392 g/mol. The Hall–Kier alpha value is -2.18. The average Bonchev–Trinajstić information content (AvgIpc) is 3.31. The van der Waals surface area contributed by atoms with Gasteiger partial charge in [0.1, 0.15) is 5.82 Å². The summed E-state index contributed by atoms with van der Waals surface area (Å²) < 4.78 is 8.10. The molecule has 0 spiro atoms. The largest absolute Gasteiger partial charge is 0.379 e. The van der Waals surface area contributed by atoms with Crippen LogP contribution in [0.2, 0.25) is 0 Å². The van der Waals surface area contributed by atoms with Gasteiger partial charge in [-0.05, 0) is 44.2 Å². The molecule has 0 unspecified atom stereocenters. The monoisotopic (exact) mass is 391 g/mol. The summed E-state index contributed by atoms with van der Waals surface area (Å²) in [6.07, 6.45) is 12.4. The number of hydrogen-bond donors (Lipinski definition) is 1. The Morgan fingerprint density at radius 1 is 1.24 bits per heavy atom. The van der Waals surface area contributed by atoms with Crippen molar-refractivity contribution in [3.8, 4) is 11.3 Å². The number of H-pyrrole nitrogens is 1. The predicted molar refractivity (Wildman–Crippen MR) is 113 cm³/mol. The molecule has 0 bridgehead atoms. The van der Waals surface area contributed by atoms with Crippen molar-refractivity contribution in [2.75, 3.05) is 26.3 Å². The minimum Gasteiger partial charge on any atom is -0.379 e. The van der Waals surface area contributed by atoms with Gasteiger partial charge in [0.15, 0.2) is 0 Å². The molecule has 0 aromatic carbocycles. The van der Waals surface area contributed by atoms with Gasteiger partial charge in [0, 0.05) is 54.7 Å². The number of nitrogens with zero attached hydrogens (tertiary/aromatic N) is 4. The molecule has 29 heavy (non-hydrogen) atoms. The van der Waals surface area contributed by atoms with Crippen molar-refractivity contribution in [1.29, 1.82) is 0 Å². The van der Waals surface area contributed by atoms with E-state index in [4.69, 9.17) is 9.72 Å². The summed E-state index contributed by atoms with van der Waals surface area (Å²) in [5, 5.41) is 0. The standard InChI is InChI=1S/C23H29N5O/c1-2-23(27-7-9-29-10-8-27)12-18(13-23)28-15-21(26-22(28)16-3-4-16)17-11-20-19(25-14-17)5-6-24-20/h5-6,11,14-16,18,24H,2-4,7-10,12-13H2,1H3. The SMILES string of the molecule is CCC1(N2CCOCC2)CC(n2cc(-c3cnc4cc[nH]c4c3)nc2C2CC2)C1. The molecule has 1 N–H and O–H groups in total. The molecule has 6 heteroatoms. The number of hydrogen-bond acceptors (Lipinski definition) is 4. The van der Waals surface area contributed by atoms with Crippen LogP contribution in [0.15, 0.2) is 30.7 Å². The highest BCUT2D eigenvalue weighted by molar-refractivity contribution is 5.79. The molecule has 6 rings (SSSR count). The highest BCUT2D eigenvalue weighted by atomic mass is 16.5. The molecule has 3 fully saturated rings. The van der Waals surface area contributed by atoms with E-state index in [-0.39, 0.29) is 0 Å². The molecule has 152 valence electrons. The lowest BCUT2D eigenvalue weighted by molar-refractivity contribution is -0.0773. The lowest BCUT2D eigenvalue weighted by atomic mass is 9.69. The van der Waals surface area contributed by atoms with Crippen molar-refractivity contribution in [3.63, 3.8) is 0 Å². The maximum absolute atomic E-state index is 5.59. The molecular weight excluding hydrogens is 362 g/mol. The first kappa shape index (κ1) is 17.7. The van der Waals surface area contributed by atoms with Crippen molar-refractivity contribution >= 4 is 11.0 Å². The Morgan fingerprint density at radius 3 is 2.83 bits per heavy atom. The van der Waals surface area contributed by atoms with Gasteiger partial charge in [0.05, 0.1) is 29.9 Å². The minimum absolute atomic E-state index is 0.352. The molecule has 3 aromatic heterocycles. The van der Waals surface area contributed by atoms with Crippen LogP contribution in [0.5, 0.6) is 0 Å². The Morgan fingerprint density at radius 2 is 2.07 bits per heavy atom. The highest BCUT2D eigenvalue weighted by Gasteiger charge is 2.49. The lowest BCUT2D eigenvalue weighted by Gasteiger charge is -2.55. The second-order valence-electron chi connectivity index (χ2n) is 9.04. The molecule has 6 nitrogen and oxygen atoms in total. The van der Waals surface area contributed by atoms with Crippen LogP contribution >= 0.6 is 0 Å². The Balaban J connectivity index is 1.29.